The molecule has 0 aliphatic rings. The third-order valence-electron chi connectivity index (χ3n) is 4.82. The van der Waals surface area contributed by atoms with Gasteiger partial charge in [0.25, 0.3) is 0 Å². The van der Waals surface area contributed by atoms with Crippen LogP contribution < -0.4 is 21.2 Å². The van der Waals surface area contributed by atoms with E-state index in [-0.39, 0.29) is 36.3 Å². The molecule has 4 heteroatoms. The van der Waals surface area contributed by atoms with Crippen LogP contribution in [-0.4, -0.2) is 18.7 Å². The third kappa shape index (κ3) is 7.65. The first kappa shape index (κ1) is 25.9. The van der Waals surface area contributed by atoms with Crippen LogP contribution in [0, 0.1) is 0 Å². The Morgan fingerprint density at radius 2 is 0.613 bits per heavy atom. The molecule has 0 aliphatic carbocycles. The third-order valence-corrected chi connectivity index (χ3v) is 10.2. The molecule has 0 aromatic heterocycles. The van der Waals surface area contributed by atoms with Crippen LogP contribution in [0.3, 0.4) is 0 Å². The standard InChI is InChI=1S/C26H24P2.CH3Cl.Pd/c1-5-13-23(14-6-1)27(24-15-7-2-8-16-24)21-22-28(25-17-9-3-10-18-25)26-19-11-4-12-20-26;1-2;/h1-20H,21-22H2;1H3;. The van der Waals surface area contributed by atoms with Crippen molar-refractivity contribution >= 4 is 48.7 Å². The van der Waals surface area contributed by atoms with Crippen LogP contribution in [-0.2, 0) is 20.4 Å². The van der Waals surface area contributed by atoms with Crippen LogP contribution in [0.4, 0.5) is 0 Å². The second-order valence-corrected chi connectivity index (χ2v) is 11.3. The molecular formula is C27H27ClP2Pd. The molecule has 0 atom stereocenters. The van der Waals surface area contributed by atoms with Crippen LogP contribution in [0.1, 0.15) is 0 Å². The van der Waals surface area contributed by atoms with Gasteiger partial charge in [0.05, 0.1) is 0 Å². The fraction of sp³-hybridized carbons (Fsp3) is 0.111. The number of hydrogen-bond acceptors (Lipinski definition) is 0. The van der Waals surface area contributed by atoms with Gasteiger partial charge < -0.3 is 0 Å². The number of rotatable bonds is 7. The monoisotopic (exact) mass is 554 g/mol. The first-order chi connectivity index (χ1) is 14.9. The molecular weight excluding hydrogens is 528 g/mol. The van der Waals surface area contributed by atoms with Crippen molar-refractivity contribution in [2.75, 3.05) is 18.7 Å². The van der Waals surface area contributed by atoms with Crippen molar-refractivity contribution in [3.8, 4) is 0 Å². The maximum Gasteiger partial charge on any atom is 0.0108 e. The second kappa shape index (κ2) is 14.7. The van der Waals surface area contributed by atoms with E-state index in [0.717, 1.165) is 0 Å². The van der Waals surface area contributed by atoms with Gasteiger partial charge >= 0.3 is 0 Å². The Bertz CT molecular complexity index is 805. The van der Waals surface area contributed by atoms with Crippen molar-refractivity contribution in [1.29, 1.82) is 0 Å². The number of halogens is 1. The number of alkyl halides is 1. The molecule has 0 N–H and O–H groups in total. The van der Waals surface area contributed by atoms with Gasteiger partial charge in [0.1, 0.15) is 0 Å². The van der Waals surface area contributed by atoms with Gasteiger partial charge in [-0.1, -0.05) is 121 Å². The normalized spacial score (nSPS) is 10.2. The SMILES string of the molecule is CCl.[Pd].c1ccc(P(CCP(c2ccccc2)c2ccccc2)c2ccccc2)cc1. The molecule has 0 spiro atoms. The van der Waals surface area contributed by atoms with Gasteiger partial charge in [0, 0.05) is 26.8 Å². The maximum atomic E-state index is 4.64. The van der Waals surface area contributed by atoms with E-state index in [1.807, 2.05) is 0 Å². The van der Waals surface area contributed by atoms with Crippen molar-refractivity contribution in [2.45, 2.75) is 0 Å². The second-order valence-electron chi connectivity index (χ2n) is 6.65. The van der Waals surface area contributed by atoms with Crippen LogP contribution in [0.15, 0.2) is 121 Å². The molecule has 0 radical (unpaired) electrons. The molecule has 31 heavy (non-hydrogen) atoms. The van der Waals surface area contributed by atoms with E-state index in [0.29, 0.717) is 0 Å². The minimum Gasteiger partial charge on any atom is -0.130 e. The van der Waals surface area contributed by atoms with E-state index in [2.05, 4.69) is 133 Å². The molecule has 4 rings (SSSR count). The van der Waals surface area contributed by atoms with Crippen LogP contribution >= 0.6 is 27.4 Å². The fourth-order valence-electron chi connectivity index (χ4n) is 3.45. The largest absolute Gasteiger partial charge is 0.130 e. The van der Waals surface area contributed by atoms with Crippen molar-refractivity contribution in [3.63, 3.8) is 0 Å². The Labute approximate surface area is 208 Å². The topological polar surface area (TPSA) is 0 Å². The number of hydrogen-bond donors (Lipinski definition) is 0. The molecule has 0 fully saturated rings. The minimum atomic E-state index is -0.348. The molecule has 162 valence electrons. The molecule has 0 saturated carbocycles. The molecule has 0 nitrogen and oxygen atoms in total. The maximum absolute atomic E-state index is 4.64. The Morgan fingerprint density at radius 3 is 0.806 bits per heavy atom. The van der Waals surface area contributed by atoms with Gasteiger partial charge in [-0.2, -0.15) is 0 Å². The minimum absolute atomic E-state index is 0. The van der Waals surface area contributed by atoms with Crippen LogP contribution in [0.25, 0.3) is 0 Å². The average Bonchev–Trinajstić information content (AvgIpc) is 2.85. The van der Waals surface area contributed by atoms with E-state index >= 15 is 0 Å². The van der Waals surface area contributed by atoms with Crippen molar-refractivity contribution in [1.82, 2.24) is 0 Å². The summed E-state index contributed by atoms with van der Waals surface area (Å²) in [6.07, 6.45) is 3.89. The molecule has 0 bridgehead atoms. The summed E-state index contributed by atoms with van der Waals surface area (Å²) in [4.78, 5) is 0. The van der Waals surface area contributed by atoms with E-state index in [1.165, 1.54) is 39.9 Å². The van der Waals surface area contributed by atoms with Gasteiger partial charge in [-0.15, -0.1) is 11.6 Å². The molecule has 0 saturated heterocycles. The molecule has 0 unspecified atom stereocenters. The van der Waals surface area contributed by atoms with Crippen LogP contribution in [0.5, 0.6) is 0 Å². The van der Waals surface area contributed by atoms with E-state index < -0.39 is 0 Å². The fourth-order valence-corrected chi connectivity index (χ4v) is 8.80. The summed E-state index contributed by atoms with van der Waals surface area (Å²) in [5, 5.41) is 5.89. The van der Waals surface area contributed by atoms with Gasteiger partial charge in [-0.25, -0.2) is 0 Å². The van der Waals surface area contributed by atoms with Crippen molar-refractivity contribution in [2.24, 2.45) is 0 Å². The predicted octanol–water partition coefficient (Wildman–Crippen LogP) is 6.10. The van der Waals surface area contributed by atoms with Gasteiger partial charge in [0.2, 0.25) is 0 Å². The Morgan fingerprint density at radius 1 is 0.419 bits per heavy atom. The van der Waals surface area contributed by atoms with E-state index in [1.54, 1.807) is 0 Å². The first-order valence-corrected chi connectivity index (χ1v) is 13.9. The van der Waals surface area contributed by atoms with E-state index in [9.17, 15) is 0 Å². The Hall–Kier alpha value is -1.31. The Kier molecular flexibility index (Phi) is 12.3. The Balaban J connectivity index is 0.00000111. The molecule has 4 aromatic rings. The number of benzene rings is 4. The molecule has 0 heterocycles. The zero-order valence-electron chi connectivity index (χ0n) is 17.5. The van der Waals surface area contributed by atoms with Crippen molar-refractivity contribution in [3.05, 3.63) is 121 Å². The molecule has 0 aliphatic heterocycles. The van der Waals surface area contributed by atoms with Gasteiger partial charge in [-0.3, -0.25) is 0 Å². The van der Waals surface area contributed by atoms with Crippen LogP contribution in [0.2, 0.25) is 0 Å². The zero-order valence-corrected chi connectivity index (χ0v) is 21.6. The summed E-state index contributed by atoms with van der Waals surface area (Å²) in [6.45, 7) is 0. The quantitative estimate of drug-likeness (QED) is 0.147. The summed E-state index contributed by atoms with van der Waals surface area (Å²) < 4.78 is 0. The summed E-state index contributed by atoms with van der Waals surface area (Å²) >= 11 is 4.64. The summed E-state index contributed by atoms with van der Waals surface area (Å²) in [7, 11) is -0.696. The van der Waals surface area contributed by atoms with Gasteiger partial charge in [0.15, 0.2) is 0 Å². The summed E-state index contributed by atoms with van der Waals surface area (Å²) in [5.41, 5.74) is 0. The first-order valence-electron chi connectivity index (χ1n) is 10.0. The summed E-state index contributed by atoms with van der Waals surface area (Å²) in [6, 6.07) is 44.2. The summed E-state index contributed by atoms with van der Waals surface area (Å²) in [5.74, 6) is 0. The smallest absolute Gasteiger partial charge is 0.0108 e. The zero-order chi connectivity index (χ0) is 21.0. The van der Waals surface area contributed by atoms with Gasteiger partial charge in [-0.05, 0) is 49.4 Å². The molecule has 4 aromatic carbocycles. The predicted molar refractivity (Wildman–Crippen MR) is 140 cm³/mol. The average molecular weight is 555 g/mol. The van der Waals surface area contributed by atoms with E-state index in [4.69, 9.17) is 0 Å². The van der Waals surface area contributed by atoms with Crippen molar-refractivity contribution < 1.29 is 20.4 Å². The molecule has 0 amide bonds.